The minimum Gasteiger partial charge on any atom is -0.395 e. The Kier molecular flexibility index (Phi) is 2.62. The Hall–Kier alpha value is -0.160. The van der Waals surface area contributed by atoms with Crippen molar-refractivity contribution in [3.8, 4) is 0 Å². The Morgan fingerprint density at radius 1 is 1.40 bits per heavy atom. The second-order valence-electron chi connectivity index (χ2n) is 2.59. The van der Waals surface area contributed by atoms with Crippen LogP contribution in [-0.4, -0.2) is 46.7 Å². The van der Waals surface area contributed by atoms with Crippen molar-refractivity contribution in [3.05, 3.63) is 0 Å². The van der Waals surface area contributed by atoms with E-state index in [1.165, 1.54) is 0 Å². The first-order valence-electron chi connectivity index (χ1n) is 3.46. The van der Waals surface area contributed by atoms with Crippen molar-refractivity contribution in [1.82, 2.24) is 5.32 Å². The van der Waals surface area contributed by atoms with E-state index in [0.717, 1.165) is 0 Å². The molecule has 10 heavy (non-hydrogen) atoms. The Morgan fingerprint density at radius 2 is 2.10 bits per heavy atom. The number of hydrogen-bond acceptors (Lipinski definition) is 4. The number of rotatable bonds is 1. The van der Waals surface area contributed by atoms with Gasteiger partial charge in [-0.25, -0.2) is 0 Å². The zero-order valence-electron chi connectivity index (χ0n) is 5.70. The third-order valence-corrected chi connectivity index (χ3v) is 1.85. The summed E-state index contributed by atoms with van der Waals surface area (Å²) in [5.41, 5.74) is 0. The van der Waals surface area contributed by atoms with Crippen LogP contribution < -0.4 is 5.32 Å². The summed E-state index contributed by atoms with van der Waals surface area (Å²) in [6, 6.07) is -0.358. The molecule has 1 fully saturated rings. The van der Waals surface area contributed by atoms with Crippen molar-refractivity contribution >= 4 is 0 Å². The minimum absolute atomic E-state index is 0.127. The van der Waals surface area contributed by atoms with E-state index < -0.39 is 12.2 Å². The molecule has 1 saturated heterocycles. The van der Waals surface area contributed by atoms with Crippen molar-refractivity contribution < 1.29 is 15.3 Å². The Morgan fingerprint density at radius 3 is 2.60 bits per heavy atom. The lowest BCUT2D eigenvalue weighted by molar-refractivity contribution is -0.0382. The number of aliphatic hydroxyl groups excluding tert-OH is 3. The summed E-state index contributed by atoms with van der Waals surface area (Å²) in [6.45, 7) is 0.529. The second-order valence-corrected chi connectivity index (χ2v) is 2.59. The average molecular weight is 147 g/mol. The summed E-state index contributed by atoms with van der Waals surface area (Å²) < 4.78 is 0. The fourth-order valence-corrected chi connectivity index (χ4v) is 1.15. The maximum absolute atomic E-state index is 9.16. The van der Waals surface area contributed by atoms with E-state index in [9.17, 15) is 0 Å². The first-order valence-corrected chi connectivity index (χ1v) is 3.46. The van der Waals surface area contributed by atoms with E-state index >= 15 is 0 Å². The van der Waals surface area contributed by atoms with Gasteiger partial charge in [-0.15, -0.1) is 0 Å². The predicted molar refractivity (Wildman–Crippen MR) is 35.5 cm³/mol. The standard InChI is InChI=1S/C6H13NO3/c8-3-4-6(10)5(9)1-2-7-4/h4-10H,1-3H2/t4?,5-,6+/m1/s1. The van der Waals surface area contributed by atoms with Crippen LogP contribution in [0, 0.1) is 0 Å². The van der Waals surface area contributed by atoms with Crippen LogP contribution in [0.4, 0.5) is 0 Å². The highest BCUT2D eigenvalue weighted by Gasteiger charge is 2.28. The minimum atomic E-state index is -0.821. The summed E-state index contributed by atoms with van der Waals surface area (Å²) in [7, 11) is 0. The zero-order valence-corrected chi connectivity index (χ0v) is 5.70. The van der Waals surface area contributed by atoms with Crippen molar-refractivity contribution in [2.24, 2.45) is 0 Å². The summed E-state index contributed by atoms with van der Waals surface area (Å²) in [6.07, 6.45) is -0.949. The Balaban J connectivity index is 2.42. The van der Waals surface area contributed by atoms with Gasteiger partial charge < -0.3 is 20.6 Å². The van der Waals surface area contributed by atoms with Gasteiger partial charge in [-0.05, 0) is 13.0 Å². The van der Waals surface area contributed by atoms with Gasteiger partial charge in [-0.3, -0.25) is 0 Å². The molecule has 0 amide bonds. The number of nitrogens with one attached hydrogen (secondary N) is 1. The lowest BCUT2D eigenvalue weighted by Crippen LogP contribution is -2.54. The quantitative estimate of drug-likeness (QED) is 0.348. The highest BCUT2D eigenvalue weighted by Crippen LogP contribution is 2.08. The molecule has 0 saturated carbocycles. The molecule has 3 atom stereocenters. The zero-order chi connectivity index (χ0) is 7.56. The monoisotopic (exact) mass is 147 g/mol. The SMILES string of the molecule is OCC1NCC[C@@H](O)[C@H]1O. The lowest BCUT2D eigenvalue weighted by atomic mass is 9.99. The first-order chi connectivity index (χ1) is 4.75. The Bertz CT molecular complexity index is 109. The van der Waals surface area contributed by atoms with Crippen molar-refractivity contribution in [1.29, 1.82) is 0 Å². The molecule has 1 heterocycles. The predicted octanol–water partition coefficient (Wildman–Crippen LogP) is -1.94. The van der Waals surface area contributed by atoms with Crippen LogP contribution in [0.15, 0.2) is 0 Å². The number of hydrogen-bond donors (Lipinski definition) is 4. The van der Waals surface area contributed by atoms with Crippen LogP contribution in [0.2, 0.25) is 0 Å². The van der Waals surface area contributed by atoms with Crippen molar-refractivity contribution in [2.75, 3.05) is 13.2 Å². The molecule has 4 N–H and O–H groups in total. The van der Waals surface area contributed by atoms with Gasteiger partial charge in [0.25, 0.3) is 0 Å². The molecular formula is C6H13NO3. The van der Waals surface area contributed by atoms with Gasteiger partial charge in [-0.1, -0.05) is 0 Å². The fourth-order valence-electron chi connectivity index (χ4n) is 1.15. The summed E-state index contributed by atoms with van der Waals surface area (Å²) in [5, 5.41) is 29.8. The summed E-state index contributed by atoms with van der Waals surface area (Å²) >= 11 is 0. The molecule has 4 nitrogen and oxygen atoms in total. The van der Waals surface area contributed by atoms with Crippen LogP contribution in [0.1, 0.15) is 6.42 Å². The molecule has 0 aromatic rings. The van der Waals surface area contributed by atoms with Crippen LogP contribution in [0.5, 0.6) is 0 Å². The average Bonchev–Trinajstić information content (AvgIpc) is 1.95. The van der Waals surface area contributed by atoms with Gasteiger partial charge in [-0.2, -0.15) is 0 Å². The largest absolute Gasteiger partial charge is 0.395 e. The molecule has 1 aliphatic heterocycles. The number of aliphatic hydroxyl groups is 3. The summed E-state index contributed by atoms with van der Waals surface area (Å²) in [5.74, 6) is 0. The molecule has 0 radical (unpaired) electrons. The maximum atomic E-state index is 9.16. The highest BCUT2D eigenvalue weighted by molar-refractivity contribution is 4.85. The van der Waals surface area contributed by atoms with E-state index in [-0.39, 0.29) is 12.6 Å². The molecule has 1 unspecified atom stereocenters. The van der Waals surface area contributed by atoms with E-state index in [1.54, 1.807) is 0 Å². The van der Waals surface area contributed by atoms with E-state index in [4.69, 9.17) is 15.3 Å². The van der Waals surface area contributed by atoms with Crippen molar-refractivity contribution in [2.45, 2.75) is 24.7 Å². The molecule has 0 aliphatic carbocycles. The van der Waals surface area contributed by atoms with Crippen LogP contribution in [0.3, 0.4) is 0 Å². The molecule has 0 aromatic heterocycles. The lowest BCUT2D eigenvalue weighted by Gasteiger charge is -2.31. The molecule has 1 aliphatic rings. The van der Waals surface area contributed by atoms with E-state index in [2.05, 4.69) is 5.32 Å². The smallest absolute Gasteiger partial charge is 0.0974 e. The van der Waals surface area contributed by atoms with Crippen molar-refractivity contribution in [3.63, 3.8) is 0 Å². The maximum Gasteiger partial charge on any atom is 0.0974 e. The third-order valence-electron chi connectivity index (χ3n) is 1.85. The summed E-state index contributed by atoms with van der Waals surface area (Å²) in [4.78, 5) is 0. The molecule has 4 heteroatoms. The van der Waals surface area contributed by atoms with Gasteiger partial charge in [0.15, 0.2) is 0 Å². The molecule has 0 bridgehead atoms. The molecule has 0 aromatic carbocycles. The van der Waals surface area contributed by atoms with Gasteiger partial charge >= 0.3 is 0 Å². The normalized spacial score (nSPS) is 41.7. The van der Waals surface area contributed by atoms with E-state index in [1.807, 2.05) is 0 Å². The third kappa shape index (κ3) is 1.46. The highest BCUT2D eigenvalue weighted by atomic mass is 16.3. The fraction of sp³-hybridized carbons (Fsp3) is 1.00. The van der Waals surface area contributed by atoms with Gasteiger partial charge in [0.1, 0.15) is 0 Å². The van der Waals surface area contributed by atoms with Crippen LogP contribution >= 0.6 is 0 Å². The van der Waals surface area contributed by atoms with Crippen LogP contribution in [0.25, 0.3) is 0 Å². The number of piperidine rings is 1. The van der Waals surface area contributed by atoms with Gasteiger partial charge in [0, 0.05) is 0 Å². The van der Waals surface area contributed by atoms with E-state index in [0.29, 0.717) is 13.0 Å². The van der Waals surface area contributed by atoms with Gasteiger partial charge in [0.2, 0.25) is 0 Å². The topological polar surface area (TPSA) is 72.7 Å². The molecule has 1 rings (SSSR count). The van der Waals surface area contributed by atoms with Gasteiger partial charge in [0.05, 0.1) is 24.9 Å². The molecule has 60 valence electrons. The first kappa shape index (κ1) is 7.94. The van der Waals surface area contributed by atoms with Crippen LogP contribution in [-0.2, 0) is 0 Å². The Labute approximate surface area is 59.5 Å². The molecule has 0 spiro atoms. The second kappa shape index (κ2) is 3.30. The molecular weight excluding hydrogens is 134 g/mol.